The lowest BCUT2D eigenvalue weighted by molar-refractivity contribution is -0.138. The third kappa shape index (κ3) is 3.34. The van der Waals surface area contributed by atoms with Gasteiger partial charge in [0.25, 0.3) is 0 Å². The summed E-state index contributed by atoms with van der Waals surface area (Å²) >= 11 is 0. The minimum atomic E-state index is -0.291. The second-order valence-corrected chi connectivity index (χ2v) is 3.86. The summed E-state index contributed by atoms with van der Waals surface area (Å²) in [5, 5.41) is 0. The van der Waals surface area contributed by atoms with Gasteiger partial charge in [0.2, 0.25) is 0 Å². The molecule has 0 spiro atoms. The zero-order valence-electron chi connectivity index (χ0n) is 10.6. The molecule has 94 valence electrons. The molecule has 0 fully saturated rings. The monoisotopic (exact) mass is 237 g/mol. The molecule has 0 atom stereocenters. The van der Waals surface area contributed by atoms with E-state index in [0.29, 0.717) is 11.5 Å². The Balaban J connectivity index is 2.96. The molecule has 0 aliphatic carbocycles. The van der Waals surface area contributed by atoms with Gasteiger partial charge in [-0.3, -0.25) is 4.79 Å². The second-order valence-electron chi connectivity index (χ2n) is 3.86. The van der Waals surface area contributed by atoms with Crippen LogP contribution in [-0.4, -0.2) is 31.2 Å². The van der Waals surface area contributed by atoms with E-state index in [1.165, 1.54) is 7.11 Å². The number of carbonyl (C=O) groups excluding carboxylic acids is 1. The number of anilines is 2. The topological polar surface area (TPSA) is 68.5 Å². The van der Waals surface area contributed by atoms with E-state index in [0.717, 1.165) is 18.5 Å². The zero-order valence-corrected chi connectivity index (χ0v) is 10.6. The number of hydrogen-bond donors (Lipinski definition) is 1. The molecule has 1 aromatic heterocycles. The number of nitrogens with two attached hydrogens (primary N) is 1. The van der Waals surface area contributed by atoms with Gasteiger partial charge in [-0.1, -0.05) is 6.92 Å². The van der Waals surface area contributed by atoms with Gasteiger partial charge in [-0.2, -0.15) is 0 Å². The number of carbonyl (C=O) groups is 1. The average molecular weight is 237 g/mol. The summed E-state index contributed by atoms with van der Waals surface area (Å²) in [5.41, 5.74) is 7.55. The molecule has 0 aromatic carbocycles. The van der Waals surface area contributed by atoms with Gasteiger partial charge in [-0.15, -0.1) is 0 Å². The summed E-state index contributed by atoms with van der Waals surface area (Å²) in [6.45, 7) is 4.85. The summed E-state index contributed by atoms with van der Waals surface area (Å²) in [4.78, 5) is 17.4. The van der Waals surface area contributed by atoms with Crippen molar-refractivity contribution >= 4 is 17.5 Å². The van der Waals surface area contributed by atoms with Crippen molar-refractivity contribution in [2.24, 2.45) is 0 Å². The van der Waals surface area contributed by atoms with Gasteiger partial charge in [0, 0.05) is 12.7 Å². The van der Waals surface area contributed by atoms with Crippen molar-refractivity contribution in [2.45, 2.75) is 20.3 Å². The van der Waals surface area contributed by atoms with Crippen molar-refractivity contribution in [1.82, 2.24) is 4.98 Å². The number of rotatable bonds is 5. The Morgan fingerprint density at radius 1 is 1.59 bits per heavy atom. The number of hydrogen-bond acceptors (Lipinski definition) is 5. The molecule has 1 aromatic rings. The van der Waals surface area contributed by atoms with Crippen LogP contribution in [0.3, 0.4) is 0 Å². The van der Waals surface area contributed by atoms with Gasteiger partial charge in [-0.25, -0.2) is 4.98 Å². The Bertz CT molecular complexity index is 393. The number of esters is 1. The Morgan fingerprint density at radius 2 is 2.29 bits per heavy atom. The number of nitrogen functional groups attached to an aromatic ring is 1. The standard InChI is InChI=1S/C12H19N3O2/c1-4-7-15(8-10(16)17-3)12-11(13)9(2)5-6-14-12/h5-6H,4,7-8,13H2,1-3H3. The first kappa shape index (κ1) is 13.3. The smallest absolute Gasteiger partial charge is 0.325 e. The molecule has 1 heterocycles. The van der Waals surface area contributed by atoms with Crippen molar-refractivity contribution in [2.75, 3.05) is 30.8 Å². The SMILES string of the molecule is CCCN(CC(=O)OC)c1nccc(C)c1N. The molecule has 0 unspecified atom stereocenters. The first-order valence-corrected chi connectivity index (χ1v) is 5.63. The van der Waals surface area contributed by atoms with Crippen LogP contribution >= 0.6 is 0 Å². The van der Waals surface area contributed by atoms with E-state index in [9.17, 15) is 4.79 Å². The molecule has 5 nitrogen and oxygen atoms in total. The first-order chi connectivity index (χ1) is 8.10. The summed E-state index contributed by atoms with van der Waals surface area (Å²) in [7, 11) is 1.37. The lowest BCUT2D eigenvalue weighted by Crippen LogP contribution is -2.32. The summed E-state index contributed by atoms with van der Waals surface area (Å²) in [5.74, 6) is 0.360. The van der Waals surface area contributed by atoms with Crippen LogP contribution in [0.15, 0.2) is 12.3 Å². The maximum Gasteiger partial charge on any atom is 0.325 e. The first-order valence-electron chi connectivity index (χ1n) is 5.63. The molecule has 0 amide bonds. The third-order valence-corrected chi connectivity index (χ3v) is 2.53. The Kier molecular flexibility index (Phi) is 4.75. The summed E-state index contributed by atoms with van der Waals surface area (Å²) in [6.07, 6.45) is 2.60. The maximum absolute atomic E-state index is 11.3. The molecule has 5 heteroatoms. The molecule has 0 radical (unpaired) electrons. The molecule has 0 aliphatic rings. The largest absolute Gasteiger partial charge is 0.468 e. The minimum Gasteiger partial charge on any atom is -0.468 e. The van der Waals surface area contributed by atoms with E-state index in [-0.39, 0.29) is 12.5 Å². The fraction of sp³-hybridized carbons (Fsp3) is 0.500. The molecule has 0 saturated heterocycles. The summed E-state index contributed by atoms with van der Waals surface area (Å²) < 4.78 is 4.67. The Labute approximate surface area is 102 Å². The number of aromatic nitrogens is 1. The van der Waals surface area contributed by atoms with Gasteiger partial charge in [-0.05, 0) is 25.0 Å². The number of aryl methyl sites for hydroxylation is 1. The van der Waals surface area contributed by atoms with Crippen molar-refractivity contribution in [3.8, 4) is 0 Å². The number of ether oxygens (including phenoxy) is 1. The van der Waals surface area contributed by atoms with Crippen LogP contribution in [0.25, 0.3) is 0 Å². The van der Waals surface area contributed by atoms with Gasteiger partial charge in [0.05, 0.1) is 12.8 Å². The Morgan fingerprint density at radius 3 is 2.88 bits per heavy atom. The lowest BCUT2D eigenvalue weighted by Gasteiger charge is -2.23. The highest BCUT2D eigenvalue weighted by Crippen LogP contribution is 2.23. The van der Waals surface area contributed by atoms with Gasteiger partial charge in [0.15, 0.2) is 5.82 Å². The number of pyridine rings is 1. The molecule has 2 N–H and O–H groups in total. The van der Waals surface area contributed by atoms with E-state index in [4.69, 9.17) is 5.73 Å². The van der Waals surface area contributed by atoms with Gasteiger partial charge in [0.1, 0.15) is 6.54 Å². The normalized spacial score (nSPS) is 10.1. The highest BCUT2D eigenvalue weighted by atomic mass is 16.5. The highest BCUT2D eigenvalue weighted by Gasteiger charge is 2.15. The molecule has 0 saturated carbocycles. The van der Waals surface area contributed by atoms with Gasteiger partial charge < -0.3 is 15.4 Å². The van der Waals surface area contributed by atoms with Crippen molar-refractivity contribution in [3.05, 3.63) is 17.8 Å². The summed E-state index contributed by atoms with van der Waals surface area (Å²) in [6, 6.07) is 1.85. The number of nitrogens with zero attached hydrogens (tertiary/aromatic N) is 2. The molecule has 1 rings (SSSR count). The van der Waals surface area contributed by atoms with Crippen molar-refractivity contribution in [3.63, 3.8) is 0 Å². The van der Waals surface area contributed by atoms with E-state index in [2.05, 4.69) is 9.72 Å². The highest BCUT2D eigenvalue weighted by molar-refractivity contribution is 5.78. The molecular formula is C12H19N3O2. The van der Waals surface area contributed by atoms with Crippen LogP contribution in [0, 0.1) is 6.92 Å². The third-order valence-electron chi connectivity index (χ3n) is 2.53. The minimum absolute atomic E-state index is 0.172. The van der Waals surface area contributed by atoms with Crippen molar-refractivity contribution in [1.29, 1.82) is 0 Å². The van der Waals surface area contributed by atoms with Crippen LogP contribution in [0.2, 0.25) is 0 Å². The van der Waals surface area contributed by atoms with Gasteiger partial charge >= 0.3 is 5.97 Å². The van der Waals surface area contributed by atoms with E-state index < -0.39 is 0 Å². The van der Waals surface area contributed by atoms with Crippen molar-refractivity contribution < 1.29 is 9.53 Å². The molecule has 0 aliphatic heterocycles. The van der Waals surface area contributed by atoms with E-state index in [1.54, 1.807) is 6.20 Å². The fourth-order valence-electron chi connectivity index (χ4n) is 1.56. The predicted molar refractivity (Wildman–Crippen MR) is 67.9 cm³/mol. The zero-order chi connectivity index (χ0) is 12.8. The predicted octanol–water partition coefficient (Wildman–Crippen LogP) is 1.36. The van der Waals surface area contributed by atoms with Crippen LogP contribution < -0.4 is 10.6 Å². The van der Waals surface area contributed by atoms with Crippen LogP contribution in [0.4, 0.5) is 11.5 Å². The lowest BCUT2D eigenvalue weighted by atomic mass is 10.2. The van der Waals surface area contributed by atoms with Crippen LogP contribution in [-0.2, 0) is 9.53 Å². The maximum atomic E-state index is 11.3. The second kappa shape index (κ2) is 6.08. The molecule has 17 heavy (non-hydrogen) atoms. The quantitative estimate of drug-likeness (QED) is 0.783. The van der Waals surface area contributed by atoms with E-state index >= 15 is 0 Å². The van der Waals surface area contributed by atoms with Crippen LogP contribution in [0.5, 0.6) is 0 Å². The average Bonchev–Trinajstić information content (AvgIpc) is 2.32. The Hall–Kier alpha value is -1.78. The van der Waals surface area contributed by atoms with E-state index in [1.807, 2.05) is 24.8 Å². The fourth-order valence-corrected chi connectivity index (χ4v) is 1.56. The number of methoxy groups -OCH3 is 1. The molecular weight excluding hydrogens is 218 g/mol. The van der Waals surface area contributed by atoms with Crippen LogP contribution in [0.1, 0.15) is 18.9 Å². The molecule has 0 bridgehead atoms.